The zero-order chi connectivity index (χ0) is 24.5. The van der Waals surface area contributed by atoms with Gasteiger partial charge < -0.3 is 62.1 Å². The molecule has 11 N–H and O–H groups in total. The minimum atomic E-state index is -1.29. The third-order valence-electron chi connectivity index (χ3n) is 7.24. The van der Waals surface area contributed by atoms with Crippen molar-refractivity contribution in [3.8, 4) is 0 Å². The summed E-state index contributed by atoms with van der Waals surface area (Å²) < 4.78 is 23.7. The van der Waals surface area contributed by atoms with Crippen LogP contribution in [0.3, 0.4) is 0 Å². The van der Waals surface area contributed by atoms with Crippen LogP contribution in [0.2, 0.25) is 0 Å². The maximum Gasteiger partial charge on any atom is 0.185 e. The molecule has 0 bridgehead atoms. The normalized spacial score (nSPS) is 50.2. The Hall–Kier alpha value is -0.480. The molecule has 0 aromatic carbocycles. The van der Waals surface area contributed by atoms with E-state index in [0.29, 0.717) is 12.8 Å². The van der Waals surface area contributed by atoms with Crippen molar-refractivity contribution in [2.45, 2.75) is 112 Å². The average Bonchev–Trinajstić information content (AvgIpc) is 2.76. The highest BCUT2D eigenvalue weighted by Gasteiger charge is 2.50. The molecule has 0 aromatic heterocycles. The molecular weight excluding hydrogens is 434 g/mol. The SMILES string of the molecule is CN[C@@H]1[C@H](O)[C@H](O[C@@H]2[C@H](O)[C@H](O[C@@H]3O[C@H]([C@@H](C)NC)CC[C@@H]3N)[C@H](N)C[C@@H]2N)OC[C@]1(C)O. The minimum Gasteiger partial charge on any atom is -0.388 e. The lowest BCUT2D eigenvalue weighted by molar-refractivity contribution is -0.307. The van der Waals surface area contributed by atoms with E-state index in [-0.39, 0.29) is 24.8 Å². The van der Waals surface area contributed by atoms with Crippen LogP contribution < -0.4 is 27.8 Å². The molecule has 0 unspecified atom stereocenters. The summed E-state index contributed by atoms with van der Waals surface area (Å²) in [7, 11) is 3.49. The lowest BCUT2D eigenvalue weighted by Crippen LogP contribution is -2.68. The quantitative estimate of drug-likeness (QED) is 0.182. The first-order valence-corrected chi connectivity index (χ1v) is 11.8. The van der Waals surface area contributed by atoms with Gasteiger partial charge in [-0.1, -0.05) is 0 Å². The summed E-state index contributed by atoms with van der Waals surface area (Å²) in [6.45, 7) is 3.52. The van der Waals surface area contributed by atoms with Crippen LogP contribution in [0.25, 0.3) is 0 Å². The third-order valence-corrected chi connectivity index (χ3v) is 7.24. The summed E-state index contributed by atoms with van der Waals surface area (Å²) in [4.78, 5) is 0. The Labute approximate surface area is 195 Å². The van der Waals surface area contributed by atoms with Gasteiger partial charge in [-0.3, -0.25) is 0 Å². The van der Waals surface area contributed by atoms with Crippen LogP contribution >= 0.6 is 0 Å². The fourth-order valence-electron chi connectivity index (χ4n) is 5.04. The van der Waals surface area contributed by atoms with Gasteiger partial charge in [0, 0.05) is 18.1 Å². The van der Waals surface area contributed by atoms with E-state index in [1.807, 2.05) is 14.0 Å². The molecule has 0 aromatic rings. The van der Waals surface area contributed by atoms with Gasteiger partial charge >= 0.3 is 0 Å². The van der Waals surface area contributed by atoms with Gasteiger partial charge in [-0.15, -0.1) is 0 Å². The fourth-order valence-corrected chi connectivity index (χ4v) is 5.04. The molecule has 12 heteroatoms. The smallest absolute Gasteiger partial charge is 0.185 e. The lowest BCUT2D eigenvalue weighted by Gasteiger charge is -2.48. The Morgan fingerprint density at radius 2 is 1.58 bits per heavy atom. The first-order valence-electron chi connectivity index (χ1n) is 11.8. The van der Waals surface area contributed by atoms with E-state index < -0.39 is 60.7 Å². The van der Waals surface area contributed by atoms with Crippen LogP contribution in [0, 0.1) is 0 Å². The number of ether oxygens (including phenoxy) is 4. The van der Waals surface area contributed by atoms with E-state index in [1.54, 1.807) is 14.0 Å². The molecule has 33 heavy (non-hydrogen) atoms. The van der Waals surface area contributed by atoms with Gasteiger partial charge in [0.1, 0.15) is 30.0 Å². The monoisotopic (exact) mass is 477 g/mol. The number of aliphatic hydroxyl groups is 3. The van der Waals surface area contributed by atoms with Crippen LogP contribution in [0.5, 0.6) is 0 Å². The van der Waals surface area contributed by atoms with E-state index >= 15 is 0 Å². The van der Waals surface area contributed by atoms with E-state index in [1.165, 1.54) is 0 Å². The summed E-state index contributed by atoms with van der Waals surface area (Å²) in [5.74, 6) is 0. The topological polar surface area (TPSA) is 200 Å². The van der Waals surface area contributed by atoms with Gasteiger partial charge in [0.05, 0.1) is 24.8 Å². The van der Waals surface area contributed by atoms with Gasteiger partial charge in [0.25, 0.3) is 0 Å². The van der Waals surface area contributed by atoms with E-state index in [9.17, 15) is 15.3 Å². The Morgan fingerprint density at radius 3 is 2.15 bits per heavy atom. The Bertz CT molecular complexity index is 632. The standard InChI is InChI=1S/C21H43N5O7/c1-9(25-3)13-6-5-10(22)19(31-13)32-16-11(23)7-12(24)17(14(16)27)33-20-15(28)18(26-4)21(2,29)8-30-20/h9-20,25-29H,5-8,22-24H2,1-4H3/t9-,10+,11-,12+,13+,14-,15+,16-,17+,18-,19+,20+,21+/m1/s1. The molecule has 0 amide bonds. The summed E-state index contributed by atoms with van der Waals surface area (Å²) in [6, 6.07) is -2.11. The van der Waals surface area contributed by atoms with E-state index in [2.05, 4.69) is 10.6 Å². The number of hydrogen-bond acceptors (Lipinski definition) is 12. The third kappa shape index (κ3) is 5.85. The largest absolute Gasteiger partial charge is 0.388 e. The number of likely N-dealkylation sites (N-methyl/N-ethyl adjacent to an activating group) is 2. The van der Waals surface area contributed by atoms with Crippen LogP contribution in [-0.2, 0) is 18.9 Å². The van der Waals surface area contributed by atoms with Gasteiger partial charge in [0.15, 0.2) is 12.6 Å². The van der Waals surface area contributed by atoms with Gasteiger partial charge in [-0.05, 0) is 47.2 Å². The van der Waals surface area contributed by atoms with Crippen LogP contribution in [0.15, 0.2) is 0 Å². The molecule has 0 spiro atoms. The summed E-state index contributed by atoms with van der Waals surface area (Å²) in [6.07, 6.45) is -4.22. The molecule has 2 saturated heterocycles. The lowest BCUT2D eigenvalue weighted by atomic mass is 9.84. The number of hydrogen-bond donors (Lipinski definition) is 8. The van der Waals surface area contributed by atoms with Gasteiger partial charge in [-0.25, -0.2) is 0 Å². The molecule has 0 radical (unpaired) electrons. The maximum absolute atomic E-state index is 11.1. The van der Waals surface area contributed by atoms with Crippen molar-refractivity contribution < 1.29 is 34.3 Å². The molecule has 13 atom stereocenters. The summed E-state index contributed by atoms with van der Waals surface area (Å²) >= 11 is 0. The molecule has 2 aliphatic heterocycles. The first kappa shape index (κ1) is 27.1. The second-order valence-electron chi connectivity index (χ2n) is 9.91. The van der Waals surface area contributed by atoms with Crippen molar-refractivity contribution in [2.24, 2.45) is 17.2 Å². The van der Waals surface area contributed by atoms with Crippen molar-refractivity contribution in [1.29, 1.82) is 0 Å². The van der Waals surface area contributed by atoms with Crippen LogP contribution in [0.4, 0.5) is 0 Å². The molecule has 3 fully saturated rings. The molecule has 1 aliphatic carbocycles. The minimum absolute atomic E-state index is 0.0620. The molecular formula is C21H43N5O7. The highest BCUT2D eigenvalue weighted by molar-refractivity contribution is 5.02. The predicted molar refractivity (Wildman–Crippen MR) is 120 cm³/mol. The maximum atomic E-state index is 11.1. The first-order chi connectivity index (χ1) is 15.5. The number of nitrogens with two attached hydrogens (primary N) is 3. The van der Waals surface area contributed by atoms with Crippen molar-refractivity contribution in [1.82, 2.24) is 10.6 Å². The molecule has 3 aliphatic rings. The summed E-state index contributed by atoms with van der Waals surface area (Å²) in [5.41, 5.74) is 17.5. The molecule has 1 saturated carbocycles. The zero-order valence-electron chi connectivity index (χ0n) is 20.0. The van der Waals surface area contributed by atoms with Crippen molar-refractivity contribution in [3.05, 3.63) is 0 Å². The highest BCUT2D eigenvalue weighted by Crippen LogP contribution is 2.31. The van der Waals surface area contributed by atoms with Crippen molar-refractivity contribution in [3.63, 3.8) is 0 Å². The second kappa shape index (κ2) is 11.1. The fraction of sp³-hybridized carbons (Fsp3) is 1.00. The summed E-state index contributed by atoms with van der Waals surface area (Å²) in [5, 5.41) is 38.3. The number of rotatable bonds is 7. The zero-order valence-corrected chi connectivity index (χ0v) is 20.0. The molecule has 2 heterocycles. The van der Waals surface area contributed by atoms with Crippen molar-refractivity contribution >= 4 is 0 Å². The highest BCUT2D eigenvalue weighted by atomic mass is 16.7. The van der Waals surface area contributed by atoms with Crippen LogP contribution in [-0.4, -0.2) is 115 Å². The van der Waals surface area contributed by atoms with Crippen molar-refractivity contribution in [2.75, 3.05) is 20.7 Å². The molecule has 12 nitrogen and oxygen atoms in total. The number of aliphatic hydroxyl groups excluding tert-OH is 2. The predicted octanol–water partition coefficient (Wildman–Crippen LogP) is -3.33. The van der Waals surface area contributed by atoms with Gasteiger partial charge in [-0.2, -0.15) is 0 Å². The Kier molecular flexibility index (Phi) is 9.09. The molecule has 3 rings (SSSR count). The second-order valence-corrected chi connectivity index (χ2v) is 9.91. The Morgan fingerprint density at radius 1 is 0.970 bits per heavy atom. The Balaban J connectivity index is 1.68. The van der Waals surface area contributed by atoms with Gasteiger partial charge in [0.2, 0.25) is 0 Å². The number of nitrogens with one attached hydrogen (secondary N) is 2. The van der Waals surface area contributed by atoms with E-state index in [0.717, 1.165) is 6.42 Å². The average molecular weight is 478 g/mol. The van der Waals surface area contributed by atoms with Crippen LogP contribution in [0.1, 0.15) is 33.1 Å². The molecule has 194 valence electrons. The van der Waals surface area contributed by atoms with E-state index in [4.69, 9.17) is 36.1 Å².